The Labute approximate surface area is 177 Å². The van der Waals surface area contributed by atoms with Crippen LogP contribution in [0.25, 0.3) is 5.69 Å². The molecule has 1 amide bonds. The number of hydrogen-bond donors (Lipinski definition) is 1. The van der Waals surface area contributed by atoms with Gasteiger partial charge in [0.25, 0.3) is 5.91 Å². The van der Waals surface area contributed by atoms with Gasteiger partial charge in [-0.05, 0) is 36.4 Å². The van der Waals surface area contributed by atoms with Crippen LogP contribution in [0.4, 0.5) is 11.4 Å². The molecule has 0 unspecified atom stereocenters. The lowest BCUT2D eigenvalue weighted by molar-refractivity contribution is 0.0974. The number of benzene rings is 3. The maximum Gasteiger partial charge on any atom is 0.262 e. The minimum absolute atomic E-state index is 0.132. The number of nitrogens with one attached hydrogen (secondary N) is 1. The molecule has 4 aromatic rings. The number of carbonyl (C=O) groups is 1. The van der Waals surface area contributed by atoms with E-state index in [9.17, 15) is 4.79 Å². The lowest BCUT2D eigenvalue weighted by Gasteiger charge is -2.36. The van der Waals surface area contributed by atoms with Gasteiger partial charge < -0.3 is 14.8 Å². The zero-order valence-electron chi connectivity index (χ0n) is 16.3. The van der Waals surface area contributed by atoms with Crippen LogP contribution in [-0.4, -0.2) is 27.7 Å². The van der Waals surface area contributed by atoms with E-state index in [1.165, 1.54) is 0 Å². The largest absolute Gasteiger partial charge is 0.454 e. The monoisotopic (exact) mass is 411 g/mol. The highest BCUT2D eigenvalue weighted by Crippen LogP contribution is 2.40. The number of hydrogen-bond acceptors (Lipinski definition) is 6. The number of ether oxygens (including phenoxy) is 2. The summed E-state index contributed by atoms with van der Waals surface area (Å²) in [4.78, 5) is 16.8. The molecule has 0 spiro atoms. The predicted octanol–water partition coefficient (Wildman–Crippen LogP) is 3.77. The summed E-state index contributed by atoms with van der Waals surface area (Å²) >= 11 is 0. The molecule has 1 atom stereocenters. The molecule has 8 nitrogen and oxygen atoms in total. The van der Waals surface area contributed by atoms with Crippen molar-refractivity contribution >= 4 is 17.3 Å². The summed E-state index contributed by atoms with van der Waals surface area (Å²) < 4.78 is 10.9. The summed E-state index contributed by atoms with van der Waals surface area (Å²) in [6.45, 7) is 0.169. The quantitative estimate of drug-likeness (QED) is 0.553. The summed E-state index contributed by atoms with van der Waals surface area (Å²) in [7, 11) is 0. The molecular weight excluding hydrogens is 394 g/mol. The van der Waals surface area contributed by atoms with E-state index >= 15 is 0 Å². The topological polar surface area (TPSA) is 81.5 Å². The molecule has 0 saturated heterocycles. The molecule has 8 heteroatoms. The van der Waals surface area contributed by atoms with Crippen molar-refractivity contribution in [3.8, 4) is 17.2 Å². The molecule has 3 aromatic carbocycles. The second-order valence-electron chi connectivity index (χ2n) is 7.20. The Morgan fingerprint density at radius 1 is 0.903 bits per heavy atom. The summed E-state index contributed by atoms with van der Waals surface area (Å²) in [6, 6.07) is 22.5. The Kier molecular flexibility index (Phi) is 3.89. The standard InChI is InChI=1S/C23H17N5O3/c29-23-17-8-4-5-9-18(17)25-22(19-13-24-28(26-19)15-6-2-1-3-7-15)27(23)16-10-11-20-21(12-16)31-14-30-20/h1-13,22,25H,14H2/t22-/m0/s1. The lowest BCUT2D eigenvalue weighted by Crippen LogP contribution is -2.43. The molecule has 6 rings (SSSR count). The molecular formula is C23H17N5O3. The predicted molar refractivity (Wildman–Crippen MR) is 114 cm³/mol. The van der Waals surface area contributed by atoms with Gasteiger partial charge in [-0.25, -0.2) is 0 Å². The Bertz CT molecular complexity index is 1290. The fourth-order valence-corrected chi connectivity index (χ4v) is 3.85. The van der Waals surface area contributed by atoms with E-state index in [1.54, 1.807) is 15.9 Å². The summed E-state index contributed by atoms with van der Waals surface area (Å²) in [6.07, 6.45) is 1.13. The van der Waals surface area contributed by atoms with E-state index in [0.717, 1.165) is 11.4 Å². The first kappa shape index (κ1) is 17.5. The van der Waals surface area contributed by atoms with Gasteiger partial charge in [0, 0.05) is 11.8 Å². The average Bonchev–Trinajstić information content (AvgIpc) is 3.49. The van der Waals surface area contributed by atoms with Crippen molar-refractivity contribution in [2.24, 2.45) is 0 Å². The van der Waals surface area contributed by atoms with Crippen LogP contribution in [0.1, 0.15) is 22.2 Å². The Morgan fingerprint density at radius 2 is 1.71 bits per heavy atom. The lowest BCUT2D eigenvalue weighted by atomic mass is 10.1. The summed E-state index contributed by atoms with van der Waals surface area (Å²) in [5.41, 5.74) is 3.47. The summed E-state index contributed by atoms with van der Waals surface area (Å²) in [5.74, 6) is 1.14. The Balaban J connectivity index is 1.46. The highest BCUT2D eigenvalue weighted by molar-refractivity contribution is 6.12. The fraction of sp³-hybridized carbons (Fsp3) is 0.0870. The zero-order valence-corrected chi connectivity index (χ0v) is 16.3. The van der Waals surface area contributed by atoms with Crippen LogP contribution in [0.5, 0.6) is 11.5 Å². The van der Waals surface area contributed by atoms with Gasteiger partial charge in [0.05, 0.1) is 23.1 Å². The van der Waals surface area contributed by atoms with Crippen molar-refractivity contribution in [2.45, 2.75) is 6.17 Å². The molecule has 0 bridgehead atoms. The van der Waals surface area contributed by atoms with Gasteiger partial charge >= 0.3 is 0 Å². The van der Waals surface area contributed by atoms with Crippen LogP contribution in [0.2, 0.25) is 0 Å². The highest BCUT2D eigenvalue weighted by atomic mass is 16.7. The van der Waals surface area contributed by atoms with Crippen LogP contribution < -0.4 is 19.7 Å². The third kappa shape index (κ3) is 2.88. The number of nitrogens with zero attached hydrogens (tertiary/aromatic N) is 4. The number of amides is 1. The number of carbonyl (C=O) groups excluding carboxylic acids is 1. The first-order chi connectivity index (χ1) is 15.3. The van der Waals surface area contributed by atoms with E-state index in [1.807, 2.05) is 72.8 Å². The number of aromatic nitrogens is 3. The number of anilines is 2. The molecule has 1 aromatic heterocycles. The normalized spacial score (nSPS) is 16.7. The van der Waals surface area contributed by atoms with Gasteiger partial charge in [0.15, 0.2) is 17.7 Å². The van der Waals surface area contributed by atoms with Crippen molar-refractivity contribution in [3.05, 3.63) is 90.3 Å². The maximum atomic E-state index is 13.5. The van der Waals surface area contributed by atoms with Crippen molar-refractivity contribution in [1.29, 1.82) is 0 Å². The first-order valence-electron chi connectivity index (χ1n) is 9.84. The van der Waals surface area contributed by atoms with Gasteiger partial charge in [-0.15, -0.1) is 5.10 Å². The smallest absolute Gasteiger partial charge is 0.262 e. The zero-order chi connectivity index (χ0) is 20.8. The highest BCUT2D eigenvalue weighted by Gasteiger charge is 2.36. The molecule has 0 radical (unpaired) electrons. The first-order valence-corrected chi connectivity index (χ1v) is 9.84. The van der Waals surface area contributed by atoms with Crippen LogP contribution in [-0.2, 0) is 0 Å². The van der Waals surface area contributed by atoms with Crippen LogP contribution in [0.3, 0.4) is 0 Å². The molecule has 2 aliphatic rings. The van der Waals surface area contributed by atoms with E-state index < -0.39 is 6.17 Å². The second kappa shape index (κ2) is 6.88. The Morgan fingerprint density at radius 3 is 2.61 bits per heavy atom. The molecule has 0 fully saturated rings. The van der Waals surface area contributed by atoms with Crippen LogP contribution >= 0.6 is 0 Å². The van der Waals surface area contributed by atoms with Gasteiger partial charge in [0.2, 0.25) is 6.79 Å². The summed E-state index contributed by atoms with van der Waals surface area (Å²) in [5, 5.41) is 12.5. The molecule has 2 aliphatic heterocycles. The van der Waals surface area contributed by atoms with Crippen molar-refractivity contribution in [1.82, 2.24) is 15.0 Å². The average molecular weight is 411 g/mol. The van der Waals surface area contributed by atoms with Crippen LogP contribution in [0, 0.1) is 0 Å². The van der Waals surface area contributed by atoms with Crippen molar-refractivity contribution in [3.63, 3.8) is 0 Å². The van der Waals surface area contributed by atoms with Crippen LogP contribution in [0.15, 0.2) is 79.0 Å². The maximum absolute atomic E-state index is 13.5. The van der Waals surface area contributed by atoms with E-state index in [4.69, 9.17) is 9.47 Å². The van der Waals surface area contributed by atoms with Gasteiger partial charge in [-0.2, -0.15) is 9.90 Å². The minimum Gasteiger partial charge on any atom is -0.454 e. The molecule has 0 aliphatic carbocycles. The molecule has 31 heavy (non-hydrogen) atoms. The molecule has 0 saturated carbocycles. The third-order valence-corrected chi connectivity index (χ3v) is 5.34. The van der Waals surface area contributed by atoms with Gasteiger partial charge in [-0.1, -0.05) is 30.3 Å². The third-order valence-electron chi connectivity index (χ3n) is 5.34. The molecule has 1 N–H and O–H groups in total. The number of rotatable bonds is 3. The van der Waals surface area contributed by atoms with Crippen molar-refractivity contribution < 1.29 is 14.3 Å². The molecule has 152 valence electrons. The Hall–Kier alpha value is -4.33. The number of para-hydroxylation sites is 2. The number of fused-ring (bicyclic) bond motifs is 2. The van der Waals surface area contributed by atoms with Gasteiger partial charge in [0.1, 0.15) is 5.69 Å². The minimum atomic E-state index is -0.541. The SMILES string of the molecule is O=C1c2ccccc2N[C@H](c2cnn(-c3ccccc3)n2)N1c1ccc2c(c1)OCO2. The van der Waals surface area contributed by atoms with Crippen molar-refractivity contribution in [2.75, 3.05) is 17.0 Å². The van der Waals surface area contributed by atoms with E-state index in [-0.39, 0.29) is 12.7 Å². The van der Waals surface area contributed by atoms with E-state index in [2.05, 4.69) is 15.5 Å². The van der Waals surface area contributed by atoms with E-state index in [0.29, 0.717) is 28.4 Å². The van der Waals surface area contributed by atoms with Gasteiger partial charge in [-0.3, -0.25) is 9.69 Å². The second-order valence-corrected chi connectivity index (χ2v) is 7.20. The molecule has 3 heterocycles. The fourth-order valence-electron chi connectivity index (χ4n) is 3.85.